The average molecular weight is 353 g/mol. The minimum absolute atomic E-state index is 0.0588. The molecule has 0 aliphatic carbocycles. The summed E-state index contributed by atoms with van der Waals surface area (Å²) in [6.07, 6.45) is 4.80. The molecule has 2 heterocycles. The molecule has 26 heavy (non-hydrogen) atoms. The maximum absolute atomic E-state index is 12.4. The second-order valence-electron chi connectivity index (χ2n) is 6.44. The summed E-state index contributed by atoms with van der Waals surface area (Å²) in [5.74, 6) is 0.681. The Bertz CT molecular complexity index is 755. The van der Waals surface area contributed by atoms with Crippen LogP contribution in [0.5, 0.6) is 0 Å². The van der Waals surface area contributed by atoms with Gasteiger partial charge < -0.3 is 15.1 Å². The highest BCUT2D eigenvalue weighted by atomic mass is 16.2. The Morgan fingerprint density at radius 3 is 2.31 bits per heavy atom. The number of aromatic nitrogens is 2. The zero-order valence-electron chi connectivity index (χ0n) is 15.1. The lowest BCUT2D eigenvalue weighted by Crippen LogP contribution is -2.47. The van der Waals surface area contributed by atoms with Gasteiger partial charge in [-0.25, -0.2) is 14.8 Å². The number of nitrogens with one attached hydrogen (secondary N) is 1. The SMILES string of the molecule is CC(=O)N(C)C1CCN(C(=O)Nc2cnc(-c3ccccc3)nc2)CC1. The highest BCUT2D eigenvalue weighted by Gasteiger charge is 2.26. The van der Waals surface area contributed by atoms with Crippen molar-refractivity contribution in [2.75, 3.05) is 25.5 Å². The average Bonchev–Trinajstić information content (AvgIpc) is 2.68. The fourth-order valence-corrected chi connectivity index (χ4v) is 3.04. The molecule has 1 saturated heterocycles. The standard InChI is InChI=1S/C19H23N5O2/c1-14(25)23(2)17-8-10-24(11-9-17)19(26)22-16-12-20-18(21-13-16)15-6-4-3-5-7-15/h3-7,12-13,17H,8-11H2,1-2H3,(H,22,26). The van der Waals surface area contributed by atoms with Crippen molar-refractivity contribution < 1.29 is 9.59 Å². The van der Waals surface area contributed by atoms with Crippen LogP contribution in [0.1, 0.15) is 19.8 Å². The minimum Gasteiger partial charge on any atom is -0.343 e. The number of benzene rings is 1. The van der Waals surface area contributed by atoms with Crippen molar-refractivity contribution in [1.82, 2.24) is 19.8 Å². The third kappa shape index (κ3) is 4.17. The van der Waals surface area contributed by atoms with Gasteiger partial charge in [-0.05, 0) is 12.8 Å². The Labute approximate surface area is 153 Å². The molecule has 7 heteroatoms. The van der Waals surface area contributed by atoms with Crippen molar-refractivity contribution in [2.45, 2.75) is 25.8 Å². The van der Waals surface area contributed by atoms with E-state index in [0.29, 0.717) is 24.6 Å². The van der Waals surface area contributed by atoms with Crippen LogP contribution in [-0.4, -0.2) is 57.9 Å². The summed E-state index contributed by atoms with van der Waals surface area (Å²) in [4.78, 5) is 36.0. The quantitative estimate of drug-likeness (QED) is 0.920. The number of nitrogens with zero attached hydrogens (tertiary/aromatic N) is 4. The van der Waals surface area contributed by atoms with E-state index < -0.39 is 0 Å². The van der Waals surface area contributed by atoms with Gasteiger partial charge in [0.05, 0.1) is 18.1 Å². The fourth-order valence-electron chi connectivity index (χ4n) is 3.04. The molecule has 1 aromatic heterocycles. The predicted octanol–water partition coefficient (Wildman–Crippen LogP) is 2.62. The van der Waals surface area contributed by atoms with E-state index in [1.807, 2.05) is 37.4 Å². The first-order valence-corrected chi connectivity index (χ1v) is 8.71. The molecule has 7 nitrogen and oxygen atoms in total. The van der Waals surface area contributed by atoms with Crippen LogP contribution in [0.4, 0.5) is 10.5 Å². The van der Waals surface area contributed by atoms with E-state index in [-0.39, 0.29) is 18.0 Å². The molecule has 1 aromatic carbocycles. The normalized spacial score (nSPS) is 14.8. The van der Waals surface area contributed by atoms with Crippen LogP contribution in [0.15, 0.2) is 42.7 Å². The molecule has 0 bridgehead atoms. The summed E-state index contributed by atoms with van der Waals surface area (Å²) >= 11 is 0. The van der Waals surface area contributed by atoms with Gasteiger partial charge in [0, 0.05) is 38.7 Å². The third-order valence-electron chi connectivity index (χ3n) is 4.73. The Morgan fingerprint density at radius 2 is 1.73 bits per heavy atom. The van der Waals surface area contributed by atoms with Crippen LogP contribution in [0, 0.1) is 0 Å². The molecule has 0 radical (unpaired) electrons. The van der Waals surface area contributed by atoms with Gasteiger partial charge in [-0.1, -0.05) is 30.3 Å². The zero-order valence-corrected chi connectivity index (χ0v) is 15.1. The molecule has 2 aromatic rings. The number of piperidine rings is 1. The minimum atomic E-state index is -0.162. The summed E-state index contributed by atoms with van der Waals surface area (Å²) in [7, 11) is 1.81. The Morgan fingerprint density at radius 1 is 1.12 bits per heavy atom. The third-order valence-corrected chi connectivity index (χ3v) is 4.73. The summed E-state index contributed by atoms with van der Waals surface area (Å²) in [5.41, 5.74) is 1.50. The van der Waals surface area contributed by atoms with E-state index >= 15 is 0 Å². The van der Waals surface area contributed by atoms with Crippen LogP contribution in [0.2, 0.25) is 0 Å². The second-order valence-corrected chi connectivity index (χ2v) is 6.44. The van der Waals surface area contributed by atoms with Crippen molar-refractivity contribution in [2.24, 2.45) is 0 Å². The highest BCUT2D eigenvalue weighted by molar-refractivity contribution is 5.89. The lowest BCUT2D eigenvalue weighted by molar-refractivity contribution is -0.130. The summed E-state index contributed by atoms with van der Waals surface area (Å²) in [6.45, 7) is 2.81. The first-order valence-electron chi connectivity index (χ1n) is 8.71. The molecule has 1 aliphatic heterocycles. The number of rotatable bonds is 3. The molecule has 0 atom stereocenters. The molecule has 0 unspecified atom stereocenters. The van der Waals surface area contributed by atoms with Gasteiger partial charge in [0.1, 0.15) is 0 Å². The Kier molecular flexibility index (Phi) is 5.46. The fraction of sp³-hybridized carbons (Fsp3) is 0.368. The Balaban J connectivity index is 1.55. The molecule has 3 amide bonds. The first-order chi connectivity index (χ1) is 12.5. The largest absolute Gasteiger partial charge is 0.343 e. The number of amides is 3. The van der Waals surface area contributed by atoms with E-state index in [4.69, 9.17) is 0 Å². The van der Waals surface area contributed by atoms with Crippen molar-refractivity contribution in [3.63, 3.8) is 0 Å². The summed E-state index contributed by atoms with van der Waals surface area (Å²) in [5, 5.41) is 2.84. The molecule has 0 spiro atoms. The maximum atomic E-state index is 12.4. The van der Waals surface area contributed by atoms with Gasteiger partial charge in [-0.3, -0.25) is 4.79 Å². The van der Waals surface area contributed by atoms with E-state index in [2.05, 4.69) is 15.3 Å². The molecule has 3 rings (SSSR count). The lowest BCUT2D eigenvalue weighted by Gasteiger charge is -2.36. The second kappa shape index (κ2) is 7.95. The smallest absolute Gasteiger partial charge is 0.321 e. The molecule has 1 N–H and O–H groups in total. The zero-order chi connectivity index (χ0) is 18.5. The van der Waals surface area contributed by atoms with Gasteiger partial charge in [0.2, 0.25) is 5.91 Å². The number of hydrogen-bond acceptors (Lipinski definition) is 4. The summed E-state index contributed by atoms with van der Waals surface area (Å²) < 4.78 is 0. The van der Waals surface area contributed by atoms with Gasteiger partial charge in [0.25, 0.3) is 0 Å². The van der Waals surface area contributed by atoms with Crippen LogP contribution < -0.4 is 5.32 Å². The molecule has 0 saturated carbocycles. The van der Waals surface area contributed by atoms with E-state index in [1.165, 1.54) is 0 Å². The van der Waals surface area contributed by atoms with Crippen LogP contribution in [0.3, 0.4) is 0 Å². The molecule has 1 fully saturated rings. The first kappa shape index (κ1) is 17.8. The van der Waals surface area contributed by atoms with Crippen molar-refractivity contribution in [3.05, 3.63) is 42.7 Å². The van der Waals surface area contributed by atoms with Crippen molar-refractivity contribution in [3.8, 4) is 11.4 Å². The number of likely N-dealkylation sites (tertiary alicyclic amines) is 1. The molecular weight excluding hydrogens is 330 g/mol. The Hall–Kier alpha value is -2.96. The van der Waals surface area contributed by atoms with E-state index in [9.17, 15) is 9.59 Å². The maximum Gasteiger partial charge on any atom is 0.321 e. The van der Waals surface area contributed by atoms with Crippen LogP contribution in [0.25, 0.3) is 11.4 Å². The molecular formula is C19H23N5O2. The van der Waals surface area contributed by atoms with Gasteiger partial charge in [-0.2, -0.15) is 0 Å². The number of hydrogen-bond donors (Lipinski definition) is 1. The van der Waals surface area contributed by atoms with Gasteiger partial charge in [0.15, 0.2) is 5.82 Å². The summed E-state index contributed by atoms with van der Waals surface area (Å²) in [6, 6.07) is 9.72. The van der Waals surface area contributed by atoms with Crippen LogP contribution >= 0.6 is 0 Å². The van der Waals surface area contributed by atoms with Crippen molar-refractivity contribution in [1.29, 1.82) is 0 Å². The number of urea groups is 1. The lowest BCUT2D eigenvalue weighted by atomic mass is 10.0. The number of carbonyl (C=O) groups excluding carboxylic acids is 2. The van der Waals surface area contributed by atoms with E-state index in [1.54, 1.807) is 29.1 Å². The predicted molar refractivity (Wildman–Crippen MR) is 99.5 cm³/mol. The van der Waals surface area contributed by atoms with Crippen LogP contribution in [-0.2, 0) is 4.79 Å². The van der Waals surface area contributed by atoms with E-state index in [0.717, 1.165) is 18.4 Å². The molecule has 136 valence electrons. The topological polar surface area (TPSA) is 78.4 Å². The highest BCUT2D eigenvalue weighted by Crippen LogP contribution is 2.18. The molecule has 1 aliphatic rings. The number of carbonyl (C=O) groups is 2. The van der Waals surface area contributed by atoms with Gasteiger partial charge >= 0.3 is 6.03 Å². The number of anilines is 1. The monoisotopic (exact) mass is 353 g/mol. The van der Waals surface area contributed by atoms with Gasteiger partial charge in [-0.15, -0.1) is 0 Å². The van der Waals surface area contributed by atoms with Crippen molar-refractivity contribution >= 4 is 17.6 Å².